The molecule has 7 heteroatoms. The summed E-state index contributed by atoms with van der Waals surface area (Å²) in [6, 6.07) is 19.9. The van der Waals surface area contributed by atoms with Crippen LogP contribution in [0.4, 0.5) is 0 Å². The molecule has 0 aliphatic rings. The highest BCUT2D eigenvalue weighted by Crippen LogP contribution is 2.24. The van der Waals surface area contributed by atoms with Gasteiger partial charge in [-0.1, -0.05) is 48.5 Å². The molecule has 0 radical (unpaired) electrons. The summed E-state index contributed by atoms with van der Waals surface area (Å²) in [5.74, 6) is -0.196. The Labute approximate surface area is 170 Å². The third-order valence-corrected chi connectivity index (χ3v) is 4.99. The number of rotatable bonds is 5. The number of amides is 1. The van der Waals surface area contributed by atoms with E-state index in [9.17, 15) is 4.79 Å². The number of aryl methyl sites for hydroxylation is 1. The second-order valence-electron chi connectivity index (χ2n) is 6.30. The highest BCUT2D eigenvalue weighted by molar-refractivity contribution is 9.10. The van der Waals surface area contributed by atoms with Crippen molar-refractivity contribution in [3.63, 3.8) is 0 Å². The second kappa shape index (κ2) is 7.82. The molecule has 1 N–H and O–H groups in total. The number of hydrogen-bond acceptors (Lipinski definition) is 3. The van der Waals surface area contributed by atoms with Gasteiger partial charge in [-0.3, -0.25) is 9.48 Å². The third kappa shape index (κ3) is 3.61. The first-order valence-corrected chi connectivity index (χ1v) is 9.58. The molecule has 0 aliphatic carbocycles. The second-order valence-corrected chi connectivity index (χ2v) is 7.15. The number of hydrogen-bond donors (Lipinski definition) is 1. The minimum Gasteiger partial charge on any atom is -0.346 e. The maximum Gasteiger partial charge on any atom is 0.270 e. The SMILES string of the molecule is Cn1ncc(Br)c1C(=O)NCc1cn(-c2ccccc2)nc1-c1ccccc1. The molecule has 2 heterocycles. The van der Waals surface area contributed by atoms with E-state index < -0.39 is 0 Å². The molecule has 0 unspecified atom stereocenters. The predicted octanol–water partition coefficient (Wildman–Crippen LogP) is 3.97. The smallest absolute Gasteiger partial charge is 0.270 e. The van der Waals surface area contributed by atoms with E-state index in [-0.39, 0.29) is 5.91 Å². The van der Waals surface area contributed by atoms with Crippen LogP contribution in [0.2, 0.25) is 0 Å². The van der Waals surface area contributed by atoms with E-state index in [1.807, 2.05) is 71.5 Å². The molecule has 2 aromatic carbocycles. The molecule has 0 aliphatic heterocycles. The Morgan fingerprint density at radius 2 is 1.75 bits per heavy atom. The van der Waals surface area contributed by atoms with Crippen molar-refractivity contribution in [1.82, 2.24) is 24.9 Å². The van der Waals surface area contributed by atoms with Gasteiger partial charge in [0.05, 0.1) is 22.1 Å². The van der Waals surface area contributed by atoms with Crippen LogP contribution >= 0.6 is 15.9 Å². The maximum atomic E-state index is 12.6. The van der Waals surface area contributed by atoms with Crippen LogP contribution in [0.15, 0.2) is 77.5 Å². The quantitative estimate of drug-likeness (QED) is 0.515. The summed E-state index contributed by atoms with van der Waals surface area (Å²) in [5, 5.41) is 11.8. The van der Waals surface area contributed by atoms with E-state index in [2.05, 4.69) is 26.3 Å². The lowest BCUT2D eigenvalue weighted by atomic mass is 10.1. The summed E-state index contributed by atoms with van der Waals surface area (Å²) in [7, 11) is 1.74. The lowest BCUT2D eigenvalue weighted by Crippen LogP contribution is -2.25. The van der Waals surface area contributed by atoms with Gasteiger partial charge in [0.15, 0.2) is 0 Å². The van der Waals surface area contributed by atoms with Crippen molar-refractivity contribution in [3.8, 4) is 16.9 Å². The van der Waals surface area contributed by atoms with Crippen molar-refractivity contribution in [2.45, 2.75) is 6.54 Å². The van der Waals surface area contributed by atoms with Gasteiger partial charge >= 0.3 is 0 Å². The van der Waals surface area contributed by atoms with Crippen molar-refractivity contribution in [3.05, 3.63) is 88.8 Å². The Balaban J connectivity index is 1.65. The molecule has 4 rings (SSSR count). The van der Waals surface area contributed by atoms with Crippen LogP contribution in [0, 0.1) is 0 Å². The van der Waals surface area contributed by atoms with Crippen LogP contribution in [0.25, 0.3) is 16.9 Å². The summed E-state index contributed by atoms with van der Waals surface area (Å²) in [5.41, 5.74) is 4.22. The van der Waals surface area contributed by atoms with E-state index in [4.69, 9.17) is 5.10 Å². The summed E-state index contributed by atoms with van der Waals surface area (Å²) < 4.78 is 4.05. The van der Waals surface area contributed by atoms with E-state index in [0.29, 0.717) is 16.7 Å². The number of nitrogens with zero attached hydrogens (tertiary/aromatic N) is 4. The largest absolute Gasteiger partial charge is 0.346 e. The lowest BCUT2D eigenvalue weighted by Gasteiger charge is -2.06. The van der Waals surface area contributed by atoms with Crippen molar-refractivity contribution in [2.75, 3.05) is 0 Å². The molecule has 0 atom stereocenters. The van der Waals surface area contributed by atoms with E-state index >= 15 is 0 Å². The molecule has 0 saturated carbocycles. The lowest BCUT2D eigenvalue weighted by molar-refractivity contribution is 0.0940. The number of carbonyl (C=O) groups is 1. The van der Waals surface area contributed by atoms with Crippen molar-refractivity contribution in [1.29, 1.82) is 0 Å². The number of carbonyl (C=O) groups excluding carboxylic acids is 1. The Hall–Kier alpha value is -3.19. The highest BCUT2D eigenvalue weighted by atomic mass is 79.9. The Morgan fingerprint density at radius 1 is 1.07 bits per heavy atom. The molecular weight excluding hydrogens is 418 g/mol. The van der Waals surface area contributed by atoms with Gasteiger partial charge < -0.3 is 5.32 Å². The van der Waals surface area contributed by atoms with Crippen LogP contribution in [0.5, 0.6) is 0 Å². The topological polar surface area (TPSA) is 64.7 Å². The average Bonchev–Trinajstić information content (AvgIpc) is 3.31. The minimum absolute atomic E-state index is 0.196. The van der Waals surface area contributed by atoms with Gasteiger partial charge in [0.25, 0.3) is 5.91 Å². The summed E-state index contributed by atoms with van der Waals surface area (Å²) in [6.45, 7) is 0.355. The van der Waals surface area contributed by atoms with Gasteiger partial charge in [0, 0.05) is 30.9 Å². The first-order chi connectivity index (χ1) is 13.6. The molecule has 1 amide bonds. The van der Waals surface area contributed by atoms with E-state index in [0.717, 1.165) is 22.5 Å². The number of nitrogens with one attached hydrogen (secondary N) is 1. The fraction of sp³-hybridized carbons (Fsp3) is 0.0952. The zero-order valence-electron chi connectivity index (χ0n) is 15.2. The average molecular weight is 436 g/mol. The Morgan fingerprint density at radius 3 is 2.39 bits per heavy atom. The molecule has 28 heavy (non-hydrogen) atoms. The van der Waals surface area contributed by atoms with Crippen LogP contribution in [-0.2, 0) is 13.6 Å². The van der Waals surface area contributed by atoms with Gasteiger partial charge in [-0.25, -0.2) is 4.68 Å². The maximum absolute atomic E-state index is 12.6. The summed E-state index contributed by atoms with van der Waals surface area (Å²) in [4.78, 5) is 12.6. The normalized spacial score (nSPS) is 10.8. The van der Waals surface area contributed by atoms with Crippen LogP contribution < -0.4 is 5.32 Å². The molecule has 4 aromatic rings. The fourth-order valence-corrected chi connectivity index (χ4v) is 3.54. The van der Waals surface area contributed by atoms with E-state index in [1.54, 1.807) is 17.9 Å². The number of aromatic nitrogens is 4. The van der Waals surface area contributed by atoms with Crippen LogP contribution in [0.3, 0.4) is 0 Å². The zero-order valence-corrected chi connectivity index (χ0v) is 16.8. The number of para-hydroxylation sites is 1. The summed E-state index contributed by atoms with van der Waals surface area (Å²) in [6.07, 6.45) is 3.56. The fourth-order valence-electron chi connectivity index (χ4n) is 3.02. The number of halogens is 1. The van der Waals surface area contributed by atoms with Gasteiger partial charge in [0.1, 0.15) is 5.69 Å². The molecule has 6 nitrogen and oxygen atoms in total. The molecule has 0 fully saturated rings. The van der Waals surface area contributed by atoms with Crippen molar-refractivity contribution < 1.29 is 4.79 Å². The first kappa shape index (κ1) is 18.2. The molecule has 140 valence electrons. The molecule has 2 aromatic heterocycles. The molecular formula is C21H18BrN5O. The van der Waals surface area contributed by atoms with E-state index in [1.165, 1.54) is 0 Å². The first-order valence-electron chi connectivity index (χ1n) is 8.78. The van der Waals surface area contributed by atoms with Crippen molar-refractivity contribution in [2.24, 2.45) is 7.05 Å². The monoisotopic (exact) mass is 435 g/mol. The predicted molar refractivity (Wildman–Crippen MR) is 111 cm³/mol. The zero-order chi connectivity index (χ0) is 19.5. The standard InChI is InChI=1S/C21H18BrN5O/c1-26-20(18(22)13-24-26)21(28)23-12-16-14-27(17-10-6-3-7-11-17)25-19(16)15-8-4-2-5-9-15/h2-11,13-14H,12H2,1H3,(H,23,28). The molecule has 0 bridgehead atoms. The van der Waals surface area contributed by atoms with Gasteiger partial charge in [-0.2, -0.15) is 10.2 Å². The third-order valence-electron chi connectivity index (χ3n) is 4.41. The highest BCUT2D eigenvalue weighted by Gasteiger charge is 2.17. The van der Waals surface area contributed by atoms with Gasteiger partial charge in [-0.05, 0) is 28.1 Å². The van der Waals surface area contributed by atoms with Crippen LogP contribution in [-0.4, -0.2) is 25.5 Å². The van der Waals surface area contributed by atoms with Gasteiger partial charge in [-0.15, -0.1) is 0 Å². The Kier molecular flexibility index (Phi) is 5.08. The molecule has 0 saturated heterocycles. The molecule has 0 spiro atoms. The summed E-state index contributed by atoms with van der Waals surface area (Å²) >= 11 is 3.37. The minimum atomic E-state index is -0.196. The van der Waals surface area contributed by atoms with Gasteiger partial charge in [0.2, 0.25) is 0 Å². The van der Waals surface area contributed by atoms with Crippen molar-refractivity contribution >= 4 is 21.8 Å². The Bertz CT molecular complexity index is 1080. The van der Waals surface area contributed by atoms with Crippen LogP contribution in [0.1, 0.15) is 16.1 Å². The number of benzene rings is 2.